The highest BCUT2D eigenvalue weighted by Gasteiger charge is 2.20. The standard InChI is InChI=1S/C27H22O5/c1-16-8-11-19(12-9-16)25(29)22-6-4-5-7-23(22)27(30)31-15-20-14-24(28)32-26-18(3)17(2)10-13-21(20)26/h4-14H,15H2,1-3H3. The van der Waals surface area contributed by atoms with Crippen LogP contribution in [0.4, 0.5) is 0 Å². The van der Waals surface area contributed by atoms with Gasteiger partial charge < -0.3 is 9.15 Å². The van der Waals surface area contributed by atoms with E-state index in [1.807, 2.05) is 45.0 Å². The summed E-state index contributed by atoms with van der Waals surface area (Å²) >= 11 is 0. The molecule has 32 heavy (non-hydrogen) atoms. The van der Waals surface area contributed by atoms with Gasteiger partial charge in [0.15, 0.2) is 5.78 Å². The Morgan fingerprint density at radius 2 is 1.56 bits per heavy atom. The molecule has 0 saturated carbocycles. The molecule has 0 atom stereocenters. The second kappa shape index (κ2) is 8.63. The molecule has 0 fully saturated rings. The summed E-state index contributed by atoms with van der Waals surface area (Å²) in [6, 6.07) is 18.8. The molecule has 0 unspecified atom stereocenters. The van der Waals surface area contributed by atoms with Crippen LogP contribution in [-0.4, -0.2) is 11.8 Å². The Hall–Kier alpha value is -3.99. The largest absolute Gasteiger partial charge is 0.457 e. The van der Waals surface area contributed by atoms with Crippen molar-refractivity contribution in [2.75, 3.05) is 0 Å². The average Bonchev–Trinajstić information content (AvgIpc) is 2.80. The van der Waals surface area contributed by atoms with E-state index in [2.05, 4.69) is 0 Å². The maximum Gasteiger partial charge on any atom is 0.339 e. The van der Waals surface area contributed by atoms with Gasteiger partial charge >= 0.3 is 11.6 Å². The predicted octanol–water partition coefficient (Wildman–Crippen LogP) is 5.31. The summed E-state index contributed by atoms with van der Waals surface area (Å²) < 4.78 is 10.9. The highest BCUT2D eigenvalue weighted by molar-refractivity contribution is 6.14. The van der Waals surface area contributed by atoms with E-state index in [4.69, 9.17) is 9.15 Å². The molecule has 1 heterocycles. The Bertz CT molecular complexity index is 1390. The van der Waals surface area contributed by atoms with Gasteiger partial charge in [0.1, 0.15) is 12.2 Å². The minimum absolute atomic E-state index is 0.115. The smallest absolute Gasteiger partial charge is 0.339 e. The van der Waals surface area contributed by atoms with Gasteiger partial charge in [0.25, 0.3) is 0 Å². The molecule has 0 bridgehead atoms. The van der Waals surface area contributed by atoms with Crippen molar-refractivity contribution in [3.05, 3.63) is 116 Å². The van der Waals surface area contributed by atoms with Crippen LogP contribution in [0.15, 0.2) is 75.9 Å². The second-order valence-electron chi connectivity index (χ2n) is 7.79. The number of carbonyl (C=O) groups is 2. The van der Waals surface area contributed by atoms with Crippen LogP contribution in [0.25, 0.3) is 11.0 Å². The van der Waals surface area contributed by atoms with Crippen LogP contribution in [0, 0.1) is 20.8 Å². The van der Waals surface area contributed by atoms with Crippen LogP contribution in [0.1, 0.15) is 48.5 Å². The minimum Gasteiger partial charge on any atom is -0.457 e. The van der Waals surface area contributed by atoms with Crippen LogP contribution in [0.2, 0.25) is 0 Å². The first-order valence-corrected chi connectivity index (χ1v) is 10.3. The van der Waals surface area contributed by atoms with Crippen LogP contribution in [0.5, 0.6) is 0 Å². The summed E-state index contributed by atoms with van der Waals surface area (Å²) in [5, 5.41) is 0.713. The fraction of sp³-hybridized carbons (Fsp3) is 0.148. The van der Waals surface area contributed by atoms with Crippen molar-refractivity contribution in [2.24, 2.45) is 0 Å². The van der Waals surface area contributed by atoms with E-state index in [0.29, 0.717) is 22.1 Å². The van der Waals surface area contributed by atoms with Crippen LogP contribution in [-0.2, 0) is 11.3 Å². The van der Waals surface area contributed by atoms with Crippen molar-refractivity contribution in [1.82, 2.24) is 0 Å². The number of ether oxygens (including phenoxy) is 1. The molecule has 5 heteroatoms. The lowest BCUT2D eigenvalue weighted by molar-refractivity contribution is 0.0471. The molecule has 0 saturated heterocycles. The summed E-state index contributed by atoms with van der Waals surface area (Å²) in [6.07, 6.45) is 0. The lowest BCUT2D eigenvalue weighted by Crippen LogP contribution is -2.13. The van der Waals surface area contributed by atoms with Crippen LogP contribution < -0.4 is 5.63 Å². The maximum atomic E-state index is 13.0. The molecule has 0 radical (unpaired) electrons. The quantitative estimate of drug-likeness (QED) is 0.246. The molecule has 0 spiro atoms. The monoisotopic (exact) mass is 426 g/mol. The van der Waals surface area contributed by atoms with Gasteiger partial charge in [-0.3, -0.25) is 4.79 Å². The number of carbonyl (C=O) groups excluding carboxylic acids is 2. The molecule has 3 aromatic carbocycles. The van der Waals surface area contributed by atoms with Gasteiger partial charge in [0.2, 0.25) is 0 Å². The van der Waals surface area contributed by atoms with Gasteiger partial charge in [0.05, 0.1) is 5.56 Å². The van der Waals surface area contributed by atoms with Gasteiger partial charge in [-0.05, 0) is 38.0 Å². The lowest BCUT2D eigenvalue weighted by Gasteiger charge is -2.11. The third-order valence-corrected chi connectivity index (χ3v) is 5.58. The minimum atomic E-state index is -0.633. The summed E-state index contributed by atoms with van der Waals surface area (Å²) in [5.41, 5.74) is 4.37. The van der Waals surface area contributed by atoms with Gasteiger partial charge in [-0.15, -0.1) is 0 Å². The Labute approximate surface area is 185 Å². The van der Waals surface area contributed by atoms with Crippen LogP contribution in [0.3, 0.4) is 0 Å². The summed E-state index contributed by atoms with van der Waals surface area (Å²) in [4.78, 5) is 37.9. The van der Waals surface area contributed by atoms with E-state index < -0.39 is 11.6 Å². The number of benzene rings is 3. The highest BCUT2D eigenvalue weighted by Crippen LogP contribution is 2.24. The fourth-order valence-electron chi connectivity index (χ4n) is 3.58. The molecule has 0 amide bonds. The normalized spacial score (nSPS) is 10.8. The third kappa shape index (κ3) is 4.10. The number of aryl methyl sites for hydroxylation is 3. The molecule has 0 N–H and O–H groups in total. The van der Waals surface area contributed by atoms with Crippen molar-refractivity contribution >= 4 is 22.7 Å². The average molecular weight is 426 g/mol. The summed E-state index contributed by atoms with van der Waals surface area (Å²) in [7, 11) is 0. The maximum absolute atomic E-state index is 13.0. The Kier molecular flexibility index (Phi) is 5.73. The molecule has 160 valence electrons. The molecule has 0 aliphatic rings. The van der Waals surface area contributed by atoms with Crippen molar-refractivity contribution in [3.63, 3.8) is 0 Å². The fourth-order valence-corrected chi connectivity index (χ4v) is 3.58. The molecular weight excluding hydrogens is 404 g/mol. The number of fused-ring (bicyclic) bond motifs is 1. The number of esters is 1. The van der Waals surface area contributed by atoms with Crippen molar-refractivity contribution in [1.29, 1.82) is 0 Å². The first kappa shape index (κ1) is 21.2. The zero-order valence-electron chi connectivity index (χ0n) is 18.1. The van der Waals surface area contributed by atoms with Gasteiger partial charge in [-0.1, -0.05) is 60.2 Å². The molecule has 4 rings (SSSR count). The summed E-state index contributed by atoms with van der Waals surface area (Å²) in [6.45, 7) is 5.64. The highest BCUT2D eigenvalue weighted by atomic mass is 16.5. The van der Waals surface area contributed by atoms with E-state index in [1.54, 1.807) is 36.4 Å². The Balaban J connectivity index is 1.63. The molecule has 0 aliphatic carbocycles. The number of ketones is 1. The van der Waals surface area contributed by atoms with Crippen molar-refractivity contribution in [3.8, 4) is 0 Å². The third-order valence-electron chi connectivity index (χ3n) is 5.58. The van der Waals surface area contributed by atoms with Gasteiger partial charge in [-0.2, -0.15) is 0 Å². The zero-order valence-corrected chi connectivity index (χ0v) is 18.1. The van der Waals surface area contributed by atoms with Gasteiger partial charge in [0, 0.05) is 28.1 Å². The lowest BCUT2D eigenvalue weighted by atomic mass is 9.98. The SMILES string of the molecule is Cc1ccc(C(=O)c2ccccc2C(=O)OCc2cc(=O)oc3c(C)c(C)ccc23)cc1. The molecule has 1 aromatic heterocycles. The Morgan fingerprint density at radius 3 is 2.28 bits per heavy atom. The van der Waals surface area contributed by atoms with Crippen molar-refractivity contribution in [2.45, 2.75) is 27.4 Å². The number of hydrogen-bond acceptors (Lipinski definition) is 5. The van der Waals surface area contributed by atoms with Gasteiger partial charge in [-0.25, -0.2) is 9.59 Å². The number of hydrogen-bond donors (Lipinski definition) is 0. The molecule has 5 nitrogen and oxygen atoms in total. The van der Waals surface area contributed by atoms with E-state index in [9.17, 15) is 14.4 Å². The first-order chi connectivity index (χ1) is 15.3. The first-order valence-electron chi connectivity index (χ1n) is 10.3. The van der Waals surface area contributed by atoms with E-state index in [0.717, 1.165) is 16.7 Å². The van der Waals surface area contributed by atoms with E-state index in [1.165, 1.54) is 6.07 Å². The predicted molar refractivity (Wildman–Crippen MR) is 122 cm³/mol. The molecular formula is C27H22O5. The topological polar surface area (TPSA) is 73.6 Å². The van der Waals surface area contributed by atoms with Crippen molar-refractivity contribution < 1.29 is 18.7 Å². The number of rotatable bonds is 5. The Morgan fingerprint density at radius 1 is 0.875 bits per heavy atom. The summed E-state index contributed by atoms with van der Waals surface area (Å²) in [5.74, 6) is -0.888. The molecule has 0 aliphatic heterocycles. The van der Waals surface area contributed by atoms with E-state index in [-0.39, 0.29) is 23.5 Å². The second-order valence-corrected chi connectivity index (χ2v) is 7.79. The molecule has 4 aromatic rings. The van der Waals surface area contributed by atoms with E-state index >= 15 is 0 Å². The van der Waals surface area contributed by atoms with Crippen LogP contribution >= 0.6 is 0 Å². The zero-order chi connectivity index (χ0) is 22.8.